The fourth-order valence-corrected chi connectivity index (χ4v) is 2.12. The molecule has 4 heteroatoms. The first-order valence-corrected chi connectivity index (χ1v) is 6.18. The number of benzene rings is 2. The highest BCUT2D eigenvalue weighted by atomic mass is 14.9. The van der Waals surface area contributed by atoms with Crippen LogP contribution in [0.1, 0.15) is 5.56 Å². The molecule has 0 atom stereocenters. The summed E-state index contributed by atoms with van der Waals surface area (Å²) in [5.41, 5.74) is 9.79. The molecule has 0 radical (unpaired) electrons. The third-order valence-corrected chi connectivity index (χ3v) is 3.07. The van der Waals surface area contributed by atoms with Crippen molar-refractivity contribution in [3.8, 4) is 6.07 Å². The van der Waals surface area contributed by atoms with Crippen molar-refractivity contribution >= 4 is 28.0 Å². The molecule has 0 aliphatic carbocycles. The van der Waals surface area contributed by atoms with Crippen LogP contribution in [0.3, 0.4) is 0 Å². The van der Waals surface area contributed by atoms with Crippen LogP contribution in [-0.2, 0) is 0 Å². The average molecular weight is 260 g/mol. The van der Waals surface area contributed by atoms with Gasteiger partial charge in [-0.2, -0.15) is 5.26 Å². The van der Waals surface area contributed by atoms with Gasteiger partial charge >= 0.3 is 0 Å². The third-order valence-electron chi connectivity index (χ3n) is 3.07. The highest BCUT2D eigenvalue weighted by molar-refractivity contribution is 5.99. The average Bonchev–Trinajstić information content (AvgIpc) is 2.51. The molecule has 0 amide bonds. The zero-order chi connectivity index (χ0) is 13.9. The fraction of sp³-hybridized carbons (Fsp3) is 0. The smallest absolute Gasteiger partial charge is 0.0992 e. The molecule has 0 aliphatic heterocycles. The van der Waals surface area contributed by atoms with Crippen LogP contribution in [0, 0.1) is 11.3 Å². The lowest BCUT2D eigenvalue weighted by Gasteiger charge is -2.10. The minimum absolute atomic E-state index is 0.614. The topological polar surface area (TPSA) is 74.7 Å². The summed E-state index contributed by atoms with van der Waals surface area (Å²) in [7, 11) is 0. The number of nitriles is 1. The predicted molar refractivity (Wildman–Crippen MR) is 80.6 cm³/mol. The van der Waals surface area contributed by atoms with Gasteiger partial charge in [0.1, 0.15) is 0 Å². The zero-order valence-corrected chi connectivity index (χ0v) is 10.7. The number of nitrogen functional groups attached to an aromatic ring is 1. The number of anilines is 3. The molecule has 3 N–H and O–H groups in total. The van der Waals surface area contributed by atoms with E-state index in [1.54, 1.807) is 18.3 Å². The maximum atomic E-state index is 8.93. The molecule has 0 saturated heterocycles. The zero-order valence-electron chi connectivity index (χ0n) is 10.7. The maximum Gasteiger partial charge on any atom is 0.0992 e. The second-order valence-corrected chi connectivity index (χ2v) is 4.42. The van der Waals surface area contributed by atoms with Crippen molar-refractivity contribution in [3.05, 3.63) is 60.3 Å². The van der Waals surface area contributed by atoms with Crippen LogP contribution < -0.4 is 11.1 Å². The number of nitrogens with two attached hydrogens (primary N) is 1. The van der Waals surface area contributed by atoms with Gasteiger partial charge in [0.15, 0.2) is 0 Å². The van der Waals surface area contributed by atoms with Crippen molar-refractivity contribution < 1.29 is 0 Å². The summed E-state index contributed by atoms with van der Waals surface area (Å²) < 4.78 is 0. The molecule has 2 aromatic carbocycles. The molecule has 3 rings (SSSR count). The molecule has 0 unspecified atom stereocenters. The number of nitrogens with one attached hydrogen (secondary N) is 1. The predicted octanol–water partition coefficient (Wildman–Crippen LogP) is 3.43. The standard InChI is InChI=1S/C16H12N4/c17-10-11-3-1-4-12(9-11)20-15-7-6-14(18)13-5-2-8-19-16(13)15/h1-9,20H,18H2. The van der Waals surface area contributed by atoms with Crippen molar-refractivity contribution in [3.63, 3.8) is 0 Å². The number of nitrogens with zero attached hydrogens (tertiary/aromatic N) is 2. The molecular weight excluding hydrogens is 248 g/mol. The van der Waals surface area contributed by atoms with E-state index in [4.69, 9.17) is 11.0 Å². The molecule has 0 fully saturated rings. The molecule has 1 aromatic heterocycles. The maximum absolute atomic E-state index is 8.93. The second-order valence-electron chi connectivity index (χ2n) is 4.42. The minimum atomic E-state index is 0.614. The Kier molecular flexibility index (Phi) is 2.94. The molecule has 0 aliphatic rings. The Morgan fingerprint density at radius 2 is 2.00 bits per heavy atom. The summed E-state index contributed by atoms with van der Waals surface area (Å²) >= 11 is 0. The van der Waals surface area contributed by atoms with Gasteiger partial charge in [-0.15, -0.1) is 0 Å². The van der Waals surface area contributed by atoms with E-state index < -0.39 is 0 Å². The highest BCUT2D eigenvalue weighted by Crippen LogP contribution is 2.28. The van der Waals surface area contributed by atoms with Crippen molar-refractivity contribution in [2.24, 2.45) is 0 Å². The lowest BCUT2D eigenvalue weighted by atomic mass is 10.1. The molecule has 0 spiro atoms. The van der Waals surface area contributed by atoms with Gasteiger partial charge in [-0.25, -0.2) is 0 Å². The van der Waals surface area contributed by atoms with Crippen molar-refractivity contribution in [2.45, 2.75) is 0 Å². The van der Waals surface area contributed by atoms with E-state index in [-0.39, 0.29) is 0 Å². The van der Waals surface area contributed by atoms with E-state index in [1.807, 2.05) is 36.4 Å². The SMILES string of the molecule is N#Cc1cccc(Nc2ccc(N)c3cccnc23)c1. The van der Waals surface area contributed by atoms with E-state index in [2.05, 4.69) is 16.4 Å². The molecule has 96 valence electrons. The monoisotopic (exact) mass is 260 g/mol. The molecule has 3 aromatic rings. The Labute approximate surface area is 116 Å². The molecule has 4 nitrogen and oxygen atoms in total. The third kappa shape index (κ3) is 2.13. The number of hydrogen-bond acceptors (Lipinski definition) is 4. The summed E-state index contributed by atoms with van der Waals surface area (Å²) in [6.45, 7) is 0. The summed E-state index contributed by atoms with van der Waals surface area (Å²) in [6, 6.07) is 17.0. The Balaban J connectivity index is 2.07. The van der Waals surface area contributed by atoms with Crippen LogP contribution in [0.5, 0.6) is 0 Å². The number of fused-ring (bicyclic) bond motifs is 1. The first-order chi connectivity index (χ1) is 9.78. The van der Waals surface area contributed by atoms with Crippen LogP contribution in [0.4, 0.5) is 17.1 Å². The molecule has 1 heterocycles. The van der Waals surface area contributed by atoms with E-state index in [1.165, 1.54) is 0 Å². The van der Waals surface area contributed by atoms with E-state index in [9.17, 15) is 0 Å². The lowest BCUT2D eigenvalue weighted by Crippen LogP contribution is -1.96. The Hall–Kier alpha value is -3.06. The van der Waals surface area contributed by atoms with Gasteiger partial charge in [0.05, 0.1) is 22.8 Å². The fourth-order valence-electron chi connectivity index (χ4n) is 2.12. The van der Waals surface area contributed by atoms with Crippen LogP contribution in [0.15, 0.2) is 54.7 Å². The van der Waals surface area contributed by atoms with Crippen molar-refractivity contribution in [1.29, 1.82) is 5.26 Å². The van der Waals surface area contributed by atoms with Crippen LogP contribution in [0.2, 0.25) is 0 Å². The Morgan fingerprint density at radius 1 is 1.10 bits per heavy atom. The van der Waals surface area contributed by atoms with E-state index in [0.717, 1.165) is 22.3 Å². The summed E-state index contributed by atoms with van der Waals surface area (Å²) in [5.74, 6) is 0. The molecular formula is C16H12N4. The number of hydrogen-bond donors (Lipinski definition) is 2. The normalized spacial score (nSPS) is 10.2. The van der Waals surface area contributed by atoms with Crippen molar-refractivity contribution in [2.75, 3.05) is 11.1 Å². The summed E-state index contributed by atoms with van der Waals surface area (Å²) in [4.78, 5) is 4.37. The first-order valence-electron chi connectivity index (χ1n) is 6.18. The van der Waals surface area contributed by atoms with Gasteiger partial charge in [-0.1, -0.05) is 6.07 Å². The van der Waals surface area contributed by atoms with Gasteiger partial charge < -0.3 is 11.1 Å². The largest absolute Gasteiger partial charge is 0.398 e. The highest BCUT2D eigenvalue weighted by Gasteiger charge is 2.05. The lowest BCUT2D eigenvalue weighted by molar-refractivity contribution is 1.40. The quantitative estimate of drug-likeness (QED) is 0.692. The van der Waals surface area contributed by atoms with Crippen LogP contribution in [0.25, 0.3) is 10.9 Å². The van der Waals surface area contributed by atoms with Gasteiger partial charge in [-0.05, 0) is 42.5 Å². The first kappa shape index (κ1) is 12.0. The van der Waals surface area contributed by atoms with Gasteiger partial charge in [0, 0.05) is 23.0 Å². The summed E-state index contributed by atoms with van der Waals surface area (Å²) in [5, 5.41) is 13.1. The number of pyridine rings is 1. The minimum Gasteiger partial charge on any atom is -0.398 e. The second kappa shape index (κ2) is 4.90. The van der Waals surface area contributed by atoms with Gasteiger partial charge in [0.25, 0.3) is 0 Å². The van der Waals surface area contributed by atoms with Gasteiger partial charge in [0.2, 0.25) is 0 Å². The summed E-state index contributed by atoms with van der Waals surface area (Å²) in [6.07, 6.45) is 1.73. The molecule has 0 bridgehead atoms. The molecule has 20 heavy (non-hydrogen) atoms. The number of aromatic nitrogens is 1. The van der Waals surface area contributed by atoms with Crippen LogP contribution in [-0.4, -0.2) is 4.98 Å². The Bertz CT molecular complexity index is 818. The van der Waals surface area contributed by atoms with Crippen LogP contribution >= 0.6 is 0 Å². The molecule has 0 saturated carbocycles. The van der Waals surface area contributed by atoms with Gasteiger partial charge in [-0.3, -0.25) is 4.98 Å². The van der Waals surface area contributed by atoms with E-state index in [0.29, 0.717) is 11.3 Å². The van der Waals surface area contributed by atoms with E-state index >= 15 is 0 Å². The Morgan fingerprint density at radius 3 is 2.85 bits per heavy atom. The number of rotatable bonds is 2. The van der Waals surface area contributed by atoms with Crippen molar-refractivity contribution in [1.82, 2.24) is 4.98 Å².